The van der Waals surface area contributed by atoms with E-state index >= 15 is 0 Å². The highest BCUT2D eigenvalue weighted by Gasteiger charge is 2.23. The van der Waals surface area contributed by atoms with Crippen molar-refractivity contribution < 1.29 is 28.6 Å². The van der Waals surface area contributed by atoms with Gasteiger partial charge in [0, 0.05) is 33.1 Å². The first-order valence-electron chi connectivity index (χ1n) is 8.47. The van der Waals surface area contributed by atoms with Crippen molar-refractivity contribution in [3.63, 3.8) is 0 Å². The summed E-state index contributed by atoms with van der Waals surface area (Å²) in [6.07, 6.45) is 0. The quantitative estimate of drug-likeness (QED) is 0.699. The largest absolute Gasteiger partial charge is 0.493 e. The van der Waals surface area contributed by atoms with E-state index in [1.807, 2.05) is 6.92 Å². The predicted octanol–water partition coefficient (Wildman–Crippen LogP) is 0.941. The average Bonchev–Trinajstić information content (AvgIpc) is 2.66. The Kier molecular flexibility index (Phi) is 6.82. The third-order valence-electron chi connectivity index (χ3n) is 4.10. The zero-order chi connectivity index (χ0) is 19.1. The second-order valence-corrected chi connectivity index (χ2v) is 5.76. The number of methoxy groups -OCH3 is 1. The molecule has 1 fully saturated rings. The maximum Gasteiger partial charge on any atom is 0.338 e. The fourth-order valence-corrected chi connectivity index (χ4v) is 2.64. The molecule has 0 spiro atoms. The van der Waals surface area contributed by atoms with Crippen LogP contribution in [0.1, 0.15) is 24.2 Å². The number of piperazine rings is 1. The van der Waals surface area contributed by atoms with Gasteiger partial charge in [0.15, 0.2) is 18.1 Å². The van der Waals surface area contributed by atoms with Crippen molar-refractivity contribution in [1.82, 2.24) is 9.80 Å². The summed E-state index contributed by atoms with van der Waals surface area (Å²) in [5.41, 5.74) is 0.277. The Balaban J connectivity index is 1.88. The molecular weight excluding hydrogens is 340 g/mol. The van der Waals surface area contributed by atoms with E-state index in [0.717, 1.165) is 0 Å². The molecule has 8 nitrogen and oxygen atoms in total. The smallest absolute Gasteiger partial charge is 0.338 e. The number of carbonyl (C=O) groups excluding carboxylic acids is 3. The summed E-state index contributed by atoms with van der Waals surface area (Å²) >= 11 is 0. The molecule has 1 saturated heterocycles. The average molecular weight is 364 g/mol. The topological polar surface area (TPSA) is 85.4 Å². The minimum atomic E-state index is -0.609. The number of rotatable bonds is 6. The number of hydrogen-bond donors (Lipinski definition) is 0. The molecule has 0 bridgehead atoms. The molecular formula is C18H24N2O6. The van der Waals surface area contributed by atoms with Crippen LogP contribution in [0.3, 0.4) is 0 Å². The molecule has 1 aliphatic heterocycles. The van der Waals surface area contributed by atoms with Gasteiger partial charge in [0.2, 0.25) is 5.91 Å². The van der Waals surface area contributed by atoms with Crippen molar-refractivity contribution in [3.8, 4) is 11.5 Å². The van der Waals surface area contributed by atoms with Crippen molar-refractivity contribution in [2.45, 2.75) is 13.8 Å². The van der Waals surface area contributed by atoms with E-state index in [9.17, 15) is 14.4 Å². The highest BCUT2D eigenvalue weighted by atomic mass is 16.5. The minimum Gasteiger partial charge on any atom is -0.493 e. The van der Waals surface area contributed by atoms with E-state index in [0.29, 0.717) is 44.3 Å². The van der Waals surface area contributed by atoms with Crippen LogP contribution in [0.25, 0.3) is 0 Å². The van der Waals surface area contributed by atoms with Gasteiger partial charge in [-0.1, -0.05) is 0 Å². The standard InChI is InChI=1S/C18H24N2O6/c1-4-25-15-6-5-14(11-16(15)24-3)18(23)26-12-17(22)20-9-7-19(8-10-20)13(2)21/h5-6,11H,4,7-10,12H2,1-3H3. The van der Waals surface area contributed by atoms with Gasteiger partial charge < -0.3 is 24.0 Å². The summed E-state index contributed by atoms with van der Waals surface area (Å²) in [6, 6.07) is 4.71. The Labute approximate surface area is 152 Å². The molecule has 0 saturated carbocycles. The van der Waals surface area contributed by atoms with Crippen molar-refractivity contribution >= 4 is 17.8 Å². The number of carbonyl (C=O) groups is 3. The van der Waals surface area contributed by atoms with Crippen LogP contribution in [-0.4, -0.2) is 74.1 Å². The van der Waals surface area contributed by atoms with Crippen LogP contribution in [0, 0.1) is 0 Å². The van der Waals surface area contributed by atoms with E-state index in [1.165, 1.54) is 20.1 Å². The van der Waals surface area contributed by atoms with Gasteiger partial charge in [-0.25, -0.2) is 4.79 Å². The van der Waals surface area contributed by atoms with Crippen LogP contribution in [0.2, 0.25) is 0 Å². The zero-order valence-electron chi connectivity index (χ0n) is 15.3. The van der Waals surface area contributed by atoms with Crippen LogP contribution in [0.15, 0.2) is 18.2 Å². The second-order valence-electron chi connectivity index (χ2n) is 5.76. The highest BCUT2D eigenvalue weighted by Crippen LogP contribution is 2.28. The van der Waals surface area contributed by atoms with Gasteiger partial charge >= 0.3 is 5.97 Å². The first-order chi connectivity index (χ1) is 12.5. The Morgan fingerprint density at radius 2 is 1.69 bits per heavy atom. The Morgan fingerprint density at radius 3 is 2.27 bits per heavy atom. The monoisotopic (exact) mass is 364 g/mol. The summed E-state index contributed by atoms with van der Waals surface area (Å²) in [7, 11) is 1.48. The van der Waals surface area contributed by atoms with Gasteiger partial charge in [0.25, 0.3) is 5.91 Å². The number of esters is 1. The Hall–Kier alpha value is -2.77. The van der Waals surface area contributed by atoms with Crippen LogP contribution in [0.4, 0.5) is 0 Å². The van der Waals surface area contributed by atoms with Crippen molar-refractivity contribution in [2.75, 3.05) is 46.5 Å². The molecule has 0 radical (unpaired) electrons. The van der Waals surface area contributed by atoms with Gasteiger partial charge in [-0.3, -0.25) is 9.59 Å². The van der Waals surface area contributed by atoms with Crippen molar-refractivity contribution in [1.29, 1.82) is 0 Å². The maximum absolute atomic E-state index is 12.2. The summed E-state index contributed by atoms with van der Waals surface area (Å²) in [4.78, 5) is 38.9. The first kappa shape index (κ1) is 19.6. The summed E-state index contributed by atoms with van der Waals surface area (Å²) in [5.74, 6) is 0.0634. The fraction of sp³-hybridized carbons (Fsp3) is 0.500. The molecule has 2 amide bonds. The van der Waals surface area contributed by atoms with Gasteiger partial charge in [-0.15, -0.1) is 0 Å². The van der Waals surface area contributed by atoms with Crippen LogP contribution in [0.5, 0.6) is 11.5 Å². The van der Waals surface area contributed by atoms with E-state index in [4.69, 9.17) is 14.2 Å². The molecule has 142 valence electrons. The molecule has 1 heterocycles. The summed E-state index contributed by atoms with van der Waals surface area (Å²) in [6.45, 7) is 5.35. The molecule has 0 unspecified atom stereocenters. The zero-order valence-corrected chi connectivity index (χ0v) is 15.3. The lowest BCUT2D eigenvalue weighted by Crippen LogP contribution is -2.51. The maximum atomic E-state index is 12.2. The van der Waals surface area contributed by atoms with E-state index < -0.39 is 5.97 Å². The number of hydrogen-bond acceptors (Lipinski definition) is 6. The molecule has 26 heavy (non-hydrogen) atoms. The minimum absolute atomic E-state index is 0.00651. The van der Waals surface area contributed by atoms with Crippen LogP contribution in [-0.2, 0) is 14.3 Å². The molecule has 1 aromatic carbocycles. The van der Waals surface area contributed by atoms with Gasteiger partial charge in [0.1, 0.15) is 0 Å². The van der Waals surface area contributed by atoms with Gasteiger partial charge in [-0.2, -0.15) is 0 Å². The normalized spacial score (nSPS) is 14.0. The lowest BCUT2D eigenvalue weighted by atomic mass is 10.2. The van der Waals surface area contributed by atoms with Gasteiger partial charge in [-0.05, 0) is 25.1 Å². The number of benzene rings is 1. The third-order valence-corrected chi connectivity index (χ3v) is 4.10. The molecule has 1 aliphatic rings. The van der Waals surface area contributed by atoms with Crippen LogP contribution < -0.4 is 9.47 Å². The molecule has 2 rings (SSSR count). The molecule has 1 aromatic rings. The van der Waals surface area contributed by atoms with E-state index in [2.05, 4.69) is 0 Å². The molecule has 0 aliphatic carbocycles. The lowest BCUT2D eigenvalue weighted by Gasteiger charge is -2.34. The first-order valence-corrected chi connectivity index (χ1v) is 8.47. The number of ether oxygens (including phenoxy) is 3. The number of amides is 2. The fourth-order valence-electron chi connectivity index (χ4n) is 2.64. The summed E-state index contributed by atoms with van der Waals surface area (Å²) in [5, 5.41) is 0. The molecule has 0 aromatic heterocycles. The van der Waals surface area contributed by atoms with Crippen molar-refractivity contribution in [2.24, 2.45) is 0 Å². The molecule has 8 heteroatoms. The molecule has 0 atom stereocenters. The number of nitrogens with zero attached hydrogens (tertiary/aromatic N) is 2. The Morgan fingerprint density at radius 1 is 1.04 bits per heavy atom. The highest BCUT2D eigenvalue weighted by molar-refractivity contribution is 5.92. The third kappa shape index (κ3) is 4.87. The van der Waals surface area contributed by atoms with Crippen molar-refractivity contribution in [3.05, 3.63) is 23.8 Å². The summed E-state index contributed by atoms with van der Waals surface area (Å²) < 4.78 is 15.7. The second kappa shape index (κ2) is 9.07. The van der Waals surface area contributed by atoms with E-state index in [1.54, 1.807) is 21.9 Å². The van der Waals surface area contributed by atoms with E-state index in [-0.39, 0.29) is 24.0 Å². The lowest BCUT2D eigenvalue weighted by molar-refractivity contribution is -0.140. The Bertz CT molecular complexity index is 668. The van der Waals surface area contributed by atoms with Crippen LogP contribution >= 0.6 is 0 Å². The molecule has 0 N–H and O–H groups in total. The predicted molar refractivity (Wildman–Crippen MR) is 93.3 cm³/mol. The van der Waals surface area contributed by atoms with Gasteiger partial charge in [0.05, 0.1) is 19.3 Å². The SMILES string of the molecule is CCOc1ccc(C(=O)OCC(=O)N2CCN(C(C)=O)CC2)cc1OC.